The Bertz CT molecular complexity index is 1570. The number of benzene rings is 3. The zero-order valence-corrected chi connectivity index (χ0v) is 22.8. The molecule has 0 saturated heterocycles. The largest absolute Gasteiger partial charge is 0.494 e. The van der Waals surface area contributed by atoms with Gasteiger partial charge in [-0.3, -0.25) is 0 Å². The fourth-order valence-electron chi connectivity index (χ4n) is 4.21. The molecule has 5 rings (SSSR count). The second-order valence-electron chi connectivity index (χ2n) is 8.52. The van der Waals surface area contributed by atoms with Crippen molar-refractivity contribution >= 4 is 54.2 Å². The van der Waals surface area contributed by atoms with E-state index in [9.17, 15) is 8.42 Å². The average Bonchev–Trinajstić information content (AvgIpc) is 3.31. The SMILES string of the molecule is CCOc1ccc2cc(C3CC(c4ccc(Br)cc4)=NN3S(=O)(=O)c3ccc(C)cc3)c(Cl)nc2c1. The molecule has 6 nitrogen and oxygen atoms in total. The zero-order chi connectivity index (χ0) is 25.4. The summed E-state index contributed by atoms with van der Waals surface area (Å²) in [7, 11) is -3.96. The number of aromatic nitrogens is 1. The van der Waals surface area contributed by atoms with Crippen molar-refractivity contribution in [1.82, 2.24) is 9.40 Å². The maximum Gasteiger partial charge on any atom is 0.279 e. The van der Waals surface area contributed by atoms with Gasteiger partial charge in [0.05, 0.1) is 28.8 Å². The van der Waals surface area contributed by atoms with Crippen LogP contribution >= 0.6 is 27.5 Å². The van der Waals surface area contributed by atoms with Crippen molar-refractivity contribution in [2.45, 2.75) is 31.2 Å². The Morgan fingerprint density at radius 2 is 1.78 bits per heavy atom. The summed E-state index contributed by atoms with van der Waals surface area (Å²) < 4.78 is 35.3. The van der Waals surface area contributed by atoms with Gasteiger partial charge in [0.25, 0.3) is 10.0 Å². The molecule has 0 bridgehead atoms. The van der Waals surface area contributed by atoms with Gasteiger partial charge in [0, 0.05) is 27.9 Å². The van der Waals surface area contributed by atoms with E-state index in [1.165, 1.54) is 4.41 Å². The molecule has 9 heteroatoms. The quantitative estimate of drug-likeness (QED) is 0.231. The molecular weight excluding hydrogens is 562 g/mol. The van der Waals surface area contributed by atoms with Crippen LogP contribution in [0.5, 0.6) is 5.75 Å². The number of hydrogen-bond donors (Lipinski definition) is 0. The maximum absolute atomic E-state index is 13.8. The summed E-state index contributed by atoms with van der Waals surface area (Å²) >= 11 is 10.1. The zero-order valence-electron chi connectivity index (χ0n) is 19.7. The van der Waals surface area contributed by atoms with Gasteiger partial charge in [-0.2, -0.15) is 17.9 Å². The monoisotopic (exact) mass is 583 g/mol. The number of rotatable bonds is 6. The third-order valence-electron chi connectivity index (χ3n) is 6.05. The van der Waals surface area contributed by atoms with Gasteiger partial charge < -0.3 is 4.74 Å². The molecule has 4 aromatic rings. The van der Waals surface area contributed by atoms with E-state index in [0.29, 0.717) is 35.6 Å². The lowest BCUT2D eigenvalue weighted by molar-refractivity contribution is 0.340. The average molecular weight is 585 g/mol. The van der Waals surface area contributed by atoms with Gasteiger partial charge in [-0.05, 0) is 61.9 Å². The maximum atomic E-state index is 13.8. The van der Waals surface area contributed by atoms with Crippen LogP contribution in [-0.4, -0.2) is 30.1 Å². The van der Waals surface area contributed by atoms with E-state index >= 15 is 0 Å². The second kappa shape index (κ2) is 9.84. The molecule has 0 saturated carbocycles. The first kappa shape index (κ1) is 24.7. The van der Waals surface area contributed by atoms with Gasteiger partial charge in [0.15, 0.2) is 0 Å². The minimum absolute atomic E-state index is 0.171. The highest BCUT2D eigenvalue weighted by Crippen LogP contribution is 2.40. The number of pyridine rings is 1. The van der Waals surface area contributed by atoms with E-state index < -0.39 is 16.1 Å². The summed E-state index contributed by atoms with van der Waals surface area (Å²) in [5.41, 5.74) is 3.75. The second-order valence-corrected chi connectivity index (χ2v) is 11.6. The van der Waals surface area contributed by atoms with Crippen molar-refractivity contribution < 1.29 is 13.2 Å². The first-order chi connectivity index (χ1) is 17.3. The van der Waals surface area contributed by atoms with Crippen LogP contribution in [0.1, 0.15) is 36.1 Å². The predicted molar refractivity (Wildman–Crippen MR) is 146 cm³/mol. The molecule has 184 valence electrons. The highest BCUT2D eigenvalue weighted by Gasteiger charge is 2.39. The molecule has 1 aromatic heterocycles. The number of sulfonamides is 1. The lowest BCUT2D eigenvalue weighted by Crippen LogP contribution is -2.27. The Morgan fingerprint density at radius 3 is 2.47 bits per heavy atom. The molecule has 1 aliphatic rings. The van der Waals surface area contributed by atoms with Crippen molar-refractivity contribution in [3.05, 3.63) is 99.1 Å². The van der Waals surface area contributed by atoms with Crippen LogP contribution in [0.2, 0.25) is 5.15 Å². The first-order valence-corrected chi connectivity index (χ1v) is 14.0. The summed E-state index contributed by atoms with van der Waals surface area (Å²) in [6.45, 7) is 4.37. The molecule has 0 aliphatic carbocycles. The fourth-order valence-corrected chi connectivity index (χ4v) is 6.17. The number of hydrazone groups is 1. The van der Waals surface area contributed by atoms with Gasteiger partial charge in [-0.1, -0.05) is 57.4 Å². The molecule has 0 amide bonds. The van der Waals surface area contributed by atoms with E-state index in [1.54, 1.807) is 24.3 Å². The third-order valence-corrected chi connectivity index (χ3v) is 8.58. The van der Waals surface area contributed by atoms with Crippen molar-refractivity contribution in [2.24, 2.45) is 5.10 Å². The van der Waals surface area contributed by atoms with Crippen molar-refractivity contribution in [3.8, 4) is 5.75 Å². The van der Waals surface area contributed by atoms with Crippen LogP contribution in [0.3, 0.4) is 0 Å². The molecule has 1 atom stereocenters. The van der Waals surface area contributed by atoms with Crippen molar-refractivity contribution in [3.63, 3.8) is 0 Å². The third kappa shape index (κ3) is 4.73. The predicted octanol–water partition coefficient (Wildman–Crippen LogP) is 6.90. The van der Waals surface area contributed by atoms with Gasteiger partial charge in [-0.25, -0.2) is 4.98 Å². The Labute approximate surface area is 223 Å². The highest BCUT2D eigenvalue weighted by molar-refractivity contribution is 9.10. The minimum atomic E-state index is -3.96. The molecule has 1 unspecified atom stereocenters. The first-order valence-electron chi connectivity index (χ1n) is 11.4. The molecule has 2 heterocycles. The van der Waals surface area contributed by atoms with Crippen molar-refractivity contribution in [2.75, 3.05) is 6.61 Å². The lowest BCUT2D eigenvalue weighted by Gasteiger charge is -2.24. The summed E-state index contributed by atoms with van der Waals surface area (Å²) in [6, 6.07) is 21.2. The van der Waals surface area contributed by atoms with E-state index in [2.05, 4.69) is 26.0 Å². The highest BCUT2D eigenvalue weighted by atomic mass is 79.9. The number of hydrogen-bond acceptors (Lipinski definition) is 5. The van der Waals surface area contributed by atoms with Gasteiger partial charge in [0.1, 0.15) is 10.9 Å². The van der Waals surface area contributed by atoms with E-state index in [-0.39, 0.29) is 10.0 Å². The van der Waals surface area contributed by atoms with Crippen LogP contribution in [-0.2, 0) is 10.0 Å². The Balaban J connectivity index is 1.62. The van der Waals surface area contributed by atoms with Crippen molar-refractivity contribution in [1.29, 1.82) is 0 Å². The van der Waals surface area contributed by atoms with Gasteiger partial charge in [0.2, 0.25) is 0 Å². The summed E-state index contributed by atoms with van der Waals surface area (Å²) in [4.78, 5) is 4.75. The summed E-state index contributed by atoms with van der Waals surface area (Å²) in [5, 5.41) is 5.69. The number of halogens is 2. The molecule has 0 fully saturated rings. The molecule has 0 radical (unpaired) electrons. The molecule has 1 aliphatic heterocycles. The molecule has 0 N–H and O–H groups in total. The Kier molecular flexibility index (Phi) is 6.76. The van der Waals surface area contributed by atoms with Crippen LogP contribution in [0, 0.1) is 6.92 Å². The molecular formula is C27H23BrClN3O3S. The van der Waals surface area contributed by atoms with Crippen LogP contribution in [0.4, 0.5) is 0 Å². The Morgan fingerprint density at radius 1 is 1.06 bits per heavy atom. The van der Waals surface area contributed by atoms with Gasteiger partial charge in [-0.15, -0.1) is 0 Å². The van der Waals surface area contributed by atoms with E-state index in [4.69, 9.17) is 16.3 Å². The molecule has 36 heavy (non-hydrogen) atoms. The standard InChI is InChI=1S/C27H23BrClN3O3S/c1-3-35-21-11-8-19-14-23(27(29)30-24(19)15-21)26-16-25(18-6-9-20(28)10-7-18)31-32(26)36(33,34)22-12-4-17(2)5-13-22/h4-15,26H,3,16H2,1-2H3. The van der Waals surface area contributed by atoms with Crippen LogP contribution < -0.4 is 4.74 Å². The Hall–Kier alpha value is -2.94. The fraction of sp³-hybridized carbons (Fsp3) is 0.185. The van der Waals surface area contributed by atoms with Crippen LogP contribution in [0.15, 0.2) is 87.3 Å². The van der Waals surface area contributed by atoms with Gasteiger partial charge >= 0.3 is 0 Å². The lowest BCUT2D eigenvalue weighted by atomic mass is 9.99. The number of aryl methyl sites for hydroxylation is 1. The minimum Gasteiger partial charge on any atom is -0.494 e. The van der Waals surface area contributed by atoms with E-state index in [1.807, 2.05) is 62.4 Å². The summed E-state index contributed by atoms with van der Waals surface area (Å²) in [6.07, 6.45) is 0.358. The topological polar surface area (TPSA) is 71.9 Å². The normalized spacial score (nSPS) is 15.8. The smallest absolute Gasteiger partial charge is 0.279 e. The van der Waals surface area contributed by atoms with Crippen LogP contribution in [0.25, 0.3) is 10.9 Å². The summed E-state index contributed by atoms with van der Waals surface area (Å²) in [5.74, 6) is 0.701. The molecule has 0 spiro atoms. The number of fused-ring (bicyclic) bond motifs is 1. The van der Waals surface area contributed by atoms with E-state index in [0.717, 1.165) is 21.0 Å². The number of ether oxygens (including phenoxy) is 1. The number of nitrogens with zero attached hydrogens (tertiary/aromatic N) is 3. The molecule has 3 aromatic carbocycles.